The Hall–Kier alpha value is -2.00. The molecule has 2 aromatic carbocycles. The fraction of sp³-hybridized carbons (Fsp3) is 0.500. The lowest BCUT2D eigenvalue weighted by Crippen LogP contribution is -2.06. The summed E-state index contributed by atoms with van der Waals surface area (Å²) in [6.45, 7) is 9.79. The SMILES string of the molecule is CC(C)Oc1cccc(CCCOCCCc2cccc(OC(C)C)c2)c1. The zero-order valence-corrected chi connectivity index (χ0v) is 17.2. The van der Waals surface area contributed by atoms with Crippen molar-refractivity contribution in [3.8, 4) is 11.5 Å². The van der Waals surface area contributed by atoms with Crippen molar-refractivity contribution < 1.29 is 14.2 Å². The van der Waals surface area contributed by atoms with E-state index in [2.05, 4.69) is 36.4 Å². The van der Waals surface area contributed by atoms with E-state index in [1.807, 2.05) is 39.8 Å². The summed E-state index contributed by atoms with van der Waals surface area (Å²) in [7, 11) is 0. The van der Waals surface area contributed by atoms with Gasteiger partial charge in [0, 0.05) is 13.2 Å². The number of benzene rings is 2. The van der Waals surface area contributed by atoms with E-state index in [1.54, 1.807) is 0 Å². The first-order chi connectivity index (χ1) is 13.0. The summed E-state index contributed by atoms with van der Waals surface area (Å²) in [4.78, 5) is 0. The molecule has 0 aliphatic carbocycles. The average Bonchev–Trinajstić information content (AvgIpc) is 2.60. The van der Waals surface area contributed by atoms with Crippen molar-refractivity contribution in [2.75, 3.05) is 13.2 Å². The van der Waals surface area contributed by atoms with Crippen LogP contribution >= 0.6 is 0 Å². The van der Waals surface area contributed by atoms with Gasteiger partial charge in [-0.2, -0.15) is 0 Å². The molecule has 0 radical (unpaired) electrons. The second kappa shape index (κ2) is 11.7. The van der Waals surface area contributed by atoms with Crippen LogP contribution in [0.2, 0.25) is 0 Å². The molecule has 2 rings (SSSR count). The Bertz CT molecular complexity index is 607. The minimum absolute atomic E-state index is 0.209. The molecular weight excluding hydrogens is 336 g/mol. The van der Waals surface area contributed by atoms with Gasteiger partial charge in [-0.05, 0) is 88.8 Å². The van der Waals surface area contributed by atoms with E-state index in [-0.39, 0.29) is 12.2 Å². The molecule has 148 valence electrons. The van der Waals surface area contributed by atoms with Gasteiger partial charge in [-0.15, -0.1) is 0 Å². The zero-order valence-electron chi connectivity index (χ0n) is 17.2. The molecule has 0 unspecified atom stereocenters. The normalized spacial score (nSPS) is 11.2. The molecule has 0 aliphatic heterocycles. The fourth-order valence-corrected chi connectivity index (χ4v) is 2.95. The highest BCUT2D eigenvalue weighted by atomic mass is 16.5. The number of rotatable bonds is 12. The molecule has 0 aliphatic rings. The Morgan fingerprint density at radius 2 is 1.11 bits per heavy atom. The lowest BCUT2D eigenvalue weighted by molar-refractivity contribution is 0.129. The van der Waals surface area contributed by atoms with Gasteiger partial charge in [0.05, 0.1) is 12.2 Å². The van der Waals surface area contributed by atoms with Gasteiger partial charge >= 0.3 is 0 Å². The van der Waals surface area contributed by atoms with Crippen molar-refractivity contribution in [1.82, 2.24) is 0 Å². The second-order valence-electron chi connectivity index (χ2n) is 7.45. The Morgan fingerprint density at radius 3 is 1.52 bits per heavy atom. The molecule has 0 N–H and O–H groups in total. The van der Waals surface area contributed by atoms with Crippen LogP contribution in [0.5, 0.6) is 11.5 Å². The van der Waals surface area contributed by atoms with Gasteiger partial charge in [0.2, 0.25) is 0 Å². The van der Waals surface area contributed by atoms with E-state index >= 15 is 0 Å². The molecule has 0 aromatic heterocycles. The van der Waals surface area contributed by atoms with Gasteiger partial charge in [0.1, 0.15) is 11.5 Å². The first-order valence-electron chi connectivity index (χ1n) is 10.1. The second-order valence-corrected chi connectivity index (χ2v) is 7.45. The number of hydrogen-bond acceptors (Lipinski definition) is 3. The lowest BCUT2D eigenvalue weighted by atomic mass is 10.1. The van der Waals surface area contributed by atoms with Crippen LogP contribution in [-0.2, 0) is 17.6 Å². The van der Waals surface area contributed by atoms with E-state index in [0.717, 1.165) is 50.4 Å². The van der Waals surface area contributed by atoms with Crippen LogP contribution in [0, 0.1) is 0 Å². The lowest BCUT2D eigenvalue weighted by Gasteiger charge is -2.11. The van der Waals surface area contributed by atoms with Gasteiger partial charge in [-0.25, -0.2) is 0 Å². The minimum Gasteiger partial charge on any atom is -0.491 e. The molecule has 0 fully saturated rings. The number of ether oxygens (including phenoxy) is 3. The maximum Gasteiger partial charge on any atom is 0.119 e. The van der Waals surface area contributed by atoms with Gasteiger partial charge in [0.15, 0.2) is 0 Å². The first kappa shape index (κ1) is 21.3. The summed E-state index contributed by atoms with van der Waals surface area (Å²) in [6, 6.07) is 16.7. The van der Waals surface area contributed by atoms with Crippen molar-refractivity contribution in [3.63, 3.8) is 0 Å². The van der Waals surface area contributed by atoms with Crippen LogP contribution < -0.4 is 9.47 Å². The maximum absolute atomic E-state index is 5.80. The Morgan fingerprint density at radius 1 is 0.667 bits per heavy atom. The van der Waals surface area contributed by atoms with E-state index in [0.29, 0.717) is 0 Å². The standard InChI is InChI=1S/C24H34O3/c1-19(2)26-23-13-5-9-21(17-23)11-7-15-25-16-8-12-22-10-6-14-24(18-22)27-20(3)4/h5-6,9-10,13-14,17-20H,7-8,11-12,15-16H2,1-4H3. The Labute approximate surface area is 164 Å². The molecule has 3 nitrogen and oxygen atoms in total. The third-order valence-electron chi connectivity index (χ3n) is 4.05. The van der Waals surface area contributed by atoms with Crippen LogP contribution in [0.25, 0.3) is 0 Å². The van der Waals surface area contributed by atoms with E-state index < -0.39 is 0 Å². The molecule has 0 heterocycles. The third kappa shape index (κ3) is 8.96. The monoisotopic (exact) mass is 370 g/mol. The molecule has 0 saturated heterocycles. The average molecular weight is 371 g/mol. The van der Waals surface area contributed by atoms with Gasteiger partial charge in [-0.1, -0.05) is 24.3 Å². The van der Waals surface area contributed by atoms with Crippen molar-refractivity contribution in [1.29, 1.82) is 0 Å². The van der Waals surface area contributed by atoms with Crippen LogP contribution in [0.15, 0.2) is 48.5 Å². The molecule has 3 heteroatoms. The van der Waals surface area contributed by atoms with E-state index in [1.165, 1.54) is 11.1 Å². The maximum atomic E-state index is 5.80. The molecule has 0 amide bonds. The summed E-state index contributed by atoms with van der Waals surface area (Å²) in [5.74, 6) is 1.90. The number of hydrogen-bond donors (Lipinski definition) is 0. The largest absolute Gasteiger partial charge is 0.491 e. The van der Waals surface area contributed by atoms with Crippen molar-refractivity contribution >= 4 is 0 Å². The van der Waals surface area contributed by atoms with E-state index in [9.17, 15) is 0 Å². The highest BCUT2D eigenvalue weighted by molar-refractivity contribution is 5.29. The summed E-state index contributed by atoms with van der Waals surface area (Å²) in [6.07, 6.45) is 4.52. The molecule has 0 spiro atoms. The summed E-state index contributed by atoms with van der Waals surface area (Å²) in [5.41, 5.74) is 2.61. The predicted octanol–water partition coefficient (Wildman–Crippen LogP) is 5.84. The minimum atomic E-state index is 0.209. The Kier molecular flexibility index (Phi) is 9.20. The van der Waals surface area contributed by atoms with Gasteiger partial charge in [0.25, 0.3) is 0 Å². The fourth-order valence-electron chi connectivity index (χ4n) is 2.95. The molecule has 0 bridgehead atoms. The van der Waals surface area contributed by atoms with Crippen LogP contribution in [0.3, 0.4) is 0 Å². The van der Waals surface area contributed by atoms with Gasteiger partial charge in [-0.3, -0.25) is 0 Å². The van der Waals surface area contributed by atoms with Crippen molar-refractivity contribution in [3.05, 3.63) is 59.7 Å². The highest BCUT2D eigenvalue weighted by Gasteiger charge is 2.01. The van der Waals surface area contributed by atoms with Crippen molar-refractivity contribution in [2.24, 2.45) is 0 Å². The zero-order chi connectivity index (χ0) is 19.5. The third-order valence-corrected chi connectivity index (χ3v) is 4.05. The molecule has 27 heavy (non-hydrogen) atoms. The quantitative estimate of drug-likeness (QED) is 0.439. The summed E-state index contributed by atoms with van der Waals surface area (Å²) >= 11 is 0. The molecule has 0 atom stereocenters. The van der Waals surface area contributed by atoms with Crippen molar-refractivity contribution in [2.45, 2.75) is 65.6 Å². The summed E-state index contributed by atoms with van der Waals surface area (Å²) < 4.78 is 17.3. The van der Waals surface area contributed by atoms with Crippen LogP contribution in [0.1, 0.15) is 51.7 Å². The number of aryl methyl sites for hydroxylation is 2. The Balaban J connectivity index is 1.60. The van der Waals surface area contributed by atoms with Crippen LogP contribution in [0.4, 0.5) is 0 Å². The molecule has 0 saturated carbocycles. The van der Waals surface area contributed by atoms with E-state index in [4.69, 9.17) is 14.2 Å². The highest BCUT2D eigenvalue weighted by Crippen LogP contribution is 2.17. The molecule has 2 aromatic rings. The summed E-state index contributed by atoms with van der Waals surface area (Å²) in [5, 5.41) is 0. The predicted molar refractivity (Wildman–Crippen MR) is 112 cm³/mol. The van der Waals surface area contributed by atoms with Crippen LogP contribution in [-0.4, -0.2) is 25.4 Å². The molecular formula is C24H34O3. The smallest absolute Gasteiger partial charge is 0.119 e. The van der Waals surface area contributed by atoms with Gasteiger partial charge < -0.3 is 14.2 Å². The first-order valence-corrected chi connectivity index (χ1v) is 10.1. The topological polar surface area (TPSA) is 27.7 Å².